The standard InChI is InChI=1S/C46H31N/c1-45(2)37-18-8-3-15-31(37)34-25-28(23-24-38(34)45)47-43-22-12-7-17-33(43)36-26-42-35(27-44(36)47)32-16-6-11-21-41(32)46(42)39-19-9-4-13-29(39)30-14-5-10-20-40(30)46/h3-27H,1-2H3. The Balaban J connectivity index is 1.25. The van der Waals surface area contributed by atoms with E-state index >= 15 is 0 Å². The van der Waals surface area contributed by atoms with Gasteiger partial charge in [0, 0.05) is 21.9 Å². The van der Waals surface area contributed by atoms with E-state index in [1.165, 1.54) is 94.3 Å². The first-order valence-electron chi connectivity index (χ1n) is 16.7. The molecule has 1 heteroatoms. The molecule has 1 aromatic heterocycles. The van der Waals surface area contributed by atoms with Gasteiger partial charge in [-0.25, -0.2) is 0 Å². The third kappa shape index (κ3) is 2.93. The number of benzene rings is 7. The second-order valence-electron chi connectivity index (χ2n) is 14.1. The van der Waals surface area contributed by atoms with Gasteiger partial charge >= 0.3 is 0 Å². The Morgan fingerprint density at radius 1 is 0.362 bits per heavy atom. The smallest absolute Gasteiger partial charge is 0.0725 e. The van der Waals surface area contributed by atoms with Gasteiger partial charge in [-0.15, -0.1) is 0 Å². The van der Waals surface area contributed by atoms with Gasteiger partial charge in [-0.1, -0.05) is 135 Å². The van der Waals surface area contributed by atoms with Crippen LogP contribution in [0.25, 0.3) is 60.9 Å². The minimum atomic E-state index is -0.348. The van der Waals surface area contributed by atoms with E-state index in [-0.39, 0.29) is 10.8 Å². The summed E-state index contributed by atoms with van der Waals surface area (Å²) in [5.41, 5.74) is 19.7. The van der Waals surface area contributed by atoms with Crippen molar-refractivity contribution in [3.8, 4) is 39.1 Å². The summed E-state index contributed by atoms with van der Waals surface area (Å²) in [7, 11) is 0. The van der Waals surface area contributed by atoms with Gasteiger partial charge in [0.2, 0.25) is 0 Å². The molecule has 0 fully saturated rings. The van der Waals surface area contributed by atoms with Crippen molar-refractivity contribution in [3.63, 3.8) is 0 Å². The molecule has 8 aromatic rings. The van der Waals surface area contributed by atoms with Crippen LogP contribution in [0, 0.1) is 0 Å². The predicted molar refractivity (Wildman–Crippen MR) is 195 cm³/mol. The fourth-order valence-corrected chi connectivity index (χ4v) is 9.68. The first-order valence-corrected chi connectivity index (χ1v) is 16.7. The molecular formula is C46H31N. The highest BCUT2D eigenvalue weighted by molar-refractivity contribution is 6.12. The van der Waals surface area contributed by atoms with Gasteiger partial charge in [0.1, 0.15) is 0 Å². The molecule has 0 saturated carbocycles. The summed E-state index contributed by atoms with van der Waals surface area (Å²) in [5, 5.41) is 2.59. The highest BCUT2D eigenvalue weighted by atomic mass is 15.0. The largest absolute Gasteiger partial charge is 0.309 e. The maximum atomic E-state index is 2.54. The highest BCUT2D eigenvalue weighted by Gasteiger charge is 2.51. The van der Waals surface area contributed by atoms with Crippen LogP contribution in [0.1, 0.15) is 47.2 Å². The zero-order chi connectivity index (χ0) is 31.1. The monoisotopic (exact) mass is 597 g/mol. The molecule has 47 heavy (non-hydrogen) atoms. The molecule has 0 atom stereocenters. The molecule has 7 aromatic carbocycles. The number of fused-ring (bicyclic) bond motifs is 16. The summed E-state index contributed by atoms with van der Waals surface area (Å²) in [6.45, 7) is 4.71. The van der Waals surface area contributed by atoms with E-state index in [4.69, 9.17) is 0 Å². The lowest BCUT2D eigenvalue weighted by molar-refractivity contribution is 0.660. The van der Waals surface area contributed by atoms with Crippen molar-refractivity contribution in [3.05, 3.63) is 185 Å². The summed E-state index contributed by atoms with van der Waals surface area (Å²) in [5.74, 6) is 0. The van der Waals surface area contributed by atoms with Crippen molar-refractivity contribution in [2.24, 2.45) is 0 Å². The minimum absolute atomic E-state index is 0.0159. The maximum Gasteiger partial charge on any atom is 0.0725 e. The van der Waals surface area contributed by atoms with E-state index in [2.05, 4.69) is 170 Å². The molecule has 0 radical (unpaired) electrons. The molecule has 3 aliphatic carbocycles. The lowest BCUT2D eigenvalue weighted by Gasteiger charge is -2.30. The van der Waals surface area contributed by atoms with Gasteiger partial charge < -0.3 is 4.57 Å². The summed E-state index contributed by atoms with van der Waals surface area (Å²) in [4.78, 5) is 0. The van der Waals surface area contributed by atoms with Crippen LogP contribution in [0.3, 0.4) is 0 Å². The SMILES string of the molecule is CC1(C)c2ccccc2-c2cc(-n3c4ccccc4c4cc5c(cc43)-c3ccccc3C53c4ccccc4-c4ccccc43)ccc21. The Bertz CT molecular complexity index is 2620. The van der Waals surface area contributed by atoms with Crippen LogP contribution in [0.4, 0.5) is 0 Å². The molecule has 1 heterocycles. The number of para-hydroxylation sites is 1. The van der Waals surface area contributed by atoms with Crippen molar-refractivity contribution < 1.29 is 0 Å². The number of hydrogen-bond donors (Lipinski definition) is 0. The zero-order valence-corrected chi connectivity index (χ0v) is 26.4. The molecule has 0 unspecified atom stereocenters. The van der Waals surface area contributed by atoms with Crippen LogP contribution in [0.15, 0.2) is 152 Å². The van der Waals surface area contributed by atoms with Crippen LogP contribution < -0.4 is 0 Å². The molecule has 0 amide bonds. The van der Waals surface area contributed by atoms with E-state index < -0.39 is 0 Å². The molecule has 0 N–H and O–H groups in total. The number of nitrogens with zero attached hydrogens (tertiary/aromatic N) is 1. The van der Waals surface area contributed by atoms with Gasteiger partial charge in [-0.05, 0) is 97.1 Å². The fourth-order valence-electron chi connectivity index (χ4n) is 9.68. The lowest BCUT2D eigenvalue weighted by atomic mass is 9.70. The second kappa shape index (κ2) is 8.57. The molecular weight excluding hydrogens is 567 g/mol. The van der Waals surface area contributed by atoms with E-state index in [1.807, 2.05) is 0 Å². The maximum absolute atomic E-state index is 2.54. The second-order valence-corrected chi connectivity index (χ2v) is 14.1. The molecule has 0 bridgehead atoms. The van der Waals surface area contributed by atoms with Crippen molar-refractivity contribution in [2.75, 3.05) is 0 Å². The molecule has 1 spiro atoms. The molecule has 11 rings (SSSR count). The average Bonchev–Trinajstić information content (AvgIpc) is 3.78. The predicted octanol–water partition coefficient (Wildman–Crippen LogP) is 11.4. The lowest BCUT2D eigenvalue weighted by Crippen LogP contribution is -2.25. The third-order valence-corrected chi connectivity index (χ3v) is 11.6. The molecule has 0 aliphatic heterocycles. The van der Waals surface area contributed by atoms with Crippen LogP contribution >= 0.6 is 0 Å². The van der Waals surface area contributed by atoms with E-state index in [0.29, 0.717) is 0 Å². The molecule has 0 saturated heterocycles. The summed E-state index contributed by atoms with van der Waals surface area (Å²) >= 11 is 0. The number of hydrogen-bond acceptors (Lipinski definition) is 0. The van der Waals surface area contributed by atoms with E-state index in [9.17, 15) is 0 Å². The highest BCUT2D eigenvalue weighted by Crippen LogP contribution is 2.63. The van der Waals surface area contributed by atoms with Gasteiger partial charge in [0.15, 0.2) is 0 Å². The molecule has 3 aliphatic rings. The Morgan fingerprint density at radius 2 is 0.851 bits per heavy atom. The van der Waals surface area contributed by atoms with Crippen LogP contribution in [0.2, 0.25) is 0 Å². The van der Waals surface area contributed by atoms with Gasteiger partial charge in [0.05, 0.1) is 16.4 Å². The van der Waals surface area contributed by atoms with Crippen molar-refractivity contribution in [1.82, 2.24) is 4.57 Å². The third-order valence-electron chi connectivity index (χ3n) is 11.6. The summed E-state index contributed by atoms with van der Waals surface area (Å²) in [6.07, 6.45) is 0. The van der Waals surface area contributed by atoms with Crippen LogP contribution in [-0.2, 0) is 10.8 Å². The van der Waals surface area contributed by atoms with Gasteiger partial charge in [-0.3, -0.25) is 0 Å². The van der Waals surface area contributed by atoms with Crippen molar-refractivity contribution >= 4 is 21.8 Å². The average molecular weight is 598 g/mol. The van der Waals surface area contributed by atoms with Crippen LogP contribution in [0.5, 0.6) is 0 Å². The van der Waals surface area contributed by atoms with Crippen molar-refractivity contribution in [2.45, 2.75) is 24.7 Å². The Kier molecular flexibility index (Phi) is 4.66. The Labute approximate surface area is 274 Å². The normalized spacial score (nSPS) is 15.4. The summed E-state index contributed by atoms with van der Waals surface area (Å²) in [6, 6.07) is 57.3. The first kappa shape index (κ1) is 25.5. The van der Waals surface area contributed by atoms with Gasteiger partial charge in [0.25, 0.3) is 0 Å². The summed E-state index contributed by atoms with van der Waals surface area (Å²) < 4.78 is 2.50. The quantitative estimate of drug-likeness (QED) is 0.177. The van der Waals surface area contributed by atoms with E-state index in [0.717, 1.165) is 0 Å². The minimum Gasteiger partial charge on any atom is -0.309 e. The fraction of sp³-hybridized carbons (Fsp3) is 0.0870. The Hall–Kier alpha value is -5.66. The van der Waals surface area contributed by atoms with E-state index in [1.54, 1.807) is 0 Å². The zero-order valence-electron chi connectivity index (χ0n) is 26.4. The van der Waals surface area contributed by atoms with Crippen molar-refractivity contribution in [1.29, 1.82) is 0 Å². The van der Waals surface area contributed by atoms with Crippen LogP contribution in [-0.4, -0.2) is 4.57 Å². The number of aromatic nitrogens is 1. The number of rotatable bonds is 1. The Morgan fingerprint density at radius 3 is 1.51 bits per heavy atom. The van der Waals surface area contributed by atoms with Gasteiger partial charge in [-0.2, -0.15) is 0 Å². The first-order chi connectivity index (χ1) is 23.1. The molecule has 220 valence electrons. The molecule has 1 nitrogen and oxygen atoms in total. The topological polar surface area (TPSA) is 4.93 Å².